The summed E-state index contributed by atoms with van der Waals surface area (Å²) in [5.41, 5.74) is 1.13. The Labute approximate surface area is 155 Å². The van der Waals surface area contributed by atoms with Crippen molar-refractivity contribution in [3.63, 3.8) is 0 Å². The number of esters is 1. The van der Waals surface area contributed by atoms with Crippen molar-refractivity contribution in [1.82, 2.24) is 0 Å². The highest BCUT2D eigenvalue weighted by atomic mass is 35.5. The molecule has 0 fully saturated rings. The molecule has 130 valence electrons. The van der Waals surface area contributed by atoms with Crippen LogP contribution in [-0.4, -0.2) is 18.4 Å². The Balaban J connectivity index is 1.56. The van der Waals surface area contributed by atoms with Crippen LogP contribution >= 0.6 is 11.6 Å². The second kappa shape index (κ2) is 8.32. The van der Waals surface area contributed by atoms with E-state index >= 15 is 0 Å². The fourth-order valence-corrected chi connectivity index (χ4v) is 2.39. The van der Waals surface area contributed by atoms with Crippen molar-refractivity contribution in [2.45, 2.75) is 0 Å². The number of hydrogen-bond donors (Lipinski definition) is 0. The SMILES string of the molecule is O=C(COc1ccc(Cl)cc1)Oc1ccc(C(=O)c2ccccc2)cc1. The lowest BCUT2D eigenvalue weighted by Crippen LogP contribution is -2.17. The number of hydrogen-bond acceptors (Lipinski definition) is 4. The van der Waals surface area contributed by atoms with Gasteiger partial charge in [-0.05, 0) is 48.5 Å². The van der Waals surface area contributed by atoms with Crippen LogP contribution in [0.4, 0.5) is 0 Å². The average Bonchev–Trinajstić information content (AvgIpc) is 2.68. The van der Waals surface area contributed by atoms with Crippen molar-refractivity contribution >= 4 is 23.4 Å². The van der Waals surface area contributed by atoms with Crippen molar-refractivity contribution in [3.8, 4) is 11.5 Å². The lowest BCUT2D eigenvalue weighted by Gasteiger charge is -2.07. The molecule has 5 heteroatoms. The summed E-state index contributed by atoms with van der Waals surface area (Å²) in [7, 11) is 0. The van der Waals surface area contributed by atoms with Crippen LogP contribution in [0.3, 0.4) is 0 Å². The highest BCUT2D eigenvalue weighted by Crippen LogP contribution is 2.17. The molecule has 3 aromatic rings. The van der Waals surface area contributed by atoms with E-state index in [0.717, 1.165) is 0 Å². The fourth-order valence-electron chi connectivity index (χ4n) is 2.26. The first-order valence-electron chi connectivity index (χ1n) is 7.91. The maximum Gasteiger partial charge on any atom is 0.349 e. The second-order valence-electron chi connectivity index (χ2n) is 5.44. The van der Waals surface area contributed by atoms with Crippen LogP contribution in [0.5, 0.6) is 11.5 Å². The van der Waals surface area contributed by atoms with Gasteiger partial charge >= 0.3 is 5.97 Å². The van der Waals surface area contributed by atoms with Crippen LogP contribution < -0.4 is 9.47 Å². The first-order valence-corrected chi connectivity index (χ1v) is 8.28. The molecule has 0 amide bonds. The van der Waals surface area contributed by atoms with Crippen molar-refractivity contribution in [2.75, 3.05) is 6.61 Å². The van der Waals surface area contributed by atoms with E-state index in [9.17, 15) is 9.59 Å². The minimum atomic E-state index is -0.540. The summed E-state index contributed by atoms with van der Waals surface area (Å²) >= 11 is 5.78. The van der Waals surface area contributed by atoms with Gasteiger partial charge in [0.1, 0.15) is 11.5 Å². The number of ether oxygens (including phenoxy) is 2. The molecule has 4 nitrogen and oxygen atoms in total. The van der Waals surface area contributed by atoms with Crippen molar-refractivity contribution in [1.29, 1.82) is 0 Å². The molecule has 0 radical (unpaired) electrons. The van der Waals surface area contributed by atoms with Gasteiger partial charge in [-0.3, -0.25) is 4.79 Å². The molecule has 0 heterocycles. The maximum atomic E-state index is 12.3. The Bertz CT molecular complexity index is 888. The molecule has 0 aliphatic carbocycles. The Hall–Kier alpha value is -3.11. The van der Waals surface area contributed by atoms with E-state index in [1.807, 2.05) is 18.2 Å². The fraction of sp³-hybridized carbons (Fsp3) is 0.0476. The summed E-state index contributed by atoms with van der Waals surface area (Å²) in [6, 6.07) is 22.1. The third-order valence-electron chi connectivity index (χ3n) is 3.55. The summed E-state index contributed by atoms with van der Waals surface area (Å²) in [6.07, 6.45) is 0. The summed E-state index contributed by atoms with van der Waals surface area (Å²) in [5.74, 6) is 0.242. The first-order chi connectivity index (χ1) is 12.6. The van der Waals surface area contributed by atoms with Crippen LogP contribution in [0.15, 0.2) is 78.9 Å². The van der Waals surface area contributed by atoms with E-state index in [-0.39, 0.29) is 12.4 Å². The van der Waals surface area contributed by atoms with Crippen LogP contribution in [0.25, 0.3) is 0 Å². The Morgan fingerprint density at radius 3 is 1.96 bits per heavy atom. The van der Waals surface area contributed by atoms with E-state index in [1.54, 1.807) is 60.7 Å². The normalized spacial score (nSPS) is 10.2. The molecule has 0 aliphatic rings. The van der Waals surface area contributed by atoms with Gasteiger partial charge in [0.15, 0.2) is 12.4 Å². The molecule has 3 aromatic carbocycles. The highest BCUT2D eigenvalue weighted by Gasteiger charge is 2.10. The van der Waals surface area contributed by atoms with Gasteiger partial charge in [-0.2, -0.15) is 0 Å². The molecule has 26 heavy (non-hydrogen) atoms. The highest BCUT2D eigenvalue weighted by molar-refractivity contribution is 6.30. The van der Waals surface area contributed by atoms with E-state index in [0.29, 0.717) is 27.6 Å². The molecule has 0 saturated carbocycles. The molecule has 0 aromatic heterocycles. The Morgan fingerprint density at radius 2 is 1.31 bits per heavy atom. The maximum absolute atomic E-state index is 12.3. The molecule has 0 N–H and O–H groups in total. The van der Waals surface area contributed by atoms with E-state index < -0.39 is 5.97 Å². The average molecular weight is 367 g/mol. The molecular formula is C21H15ClO4. The third-order valence-corrected chi connectivity index (χ3v) is 3.81. The second-order valence-corrected chi connectivity index (χ2v) is 5.87. The van der Waals surface area contributed by atoms with E-state index in [1.165, 1.54) is 0 Å². The molecule has 0 aliphatic heterocycles. The lowest BCUT2D eigenvalue weighted by molar-refractivity contribution is -0.136. The Morgan fingerprint density at radius 1 is 0.731 bits per heavy atom. The van der Waals surface area contributed by atoms with Crippen LogP contribution in [0.1, 0.15) is 15.9 Å². The van der Waals surface area contributed by atoms with Crippen LogP contribution in [0.2, 0.25) is 5.02 Å². The summed E-state index contributed by atoms with van der Waals surface area (Å²) < 4.78 is 10.5. The number of carbonyl (C=O) groups excluding carboxylic acids is 2. The van der Waals surface area contributed by atoms with E-state index in [4.69, 9.17) is 21.1 Å². The van der Waals surface area contributed by atoms with Gasteiger partial charge in [0.05, 0.1) is 0 Å². The zero-order valence-electron chi connectivity index (χ0n) is 13.7. The topological polar surface area (TPSA) is 52.6 Å². The van der Waals surface area contributed by atoms with Crippen molar-refractivity contribution in [3.05, 3.63) is 95.0 Å². The molecule has 0 saturated heterocycles. The number of carbonyl (C=O) groups is 2. The number of rotatable bonds is 6. The molecule has 0 bridgehead atoms. The number of halogens is 1. The zero-order chi connectivity index (χ0) is 18.4. The van der Waals surface area contributed by atoms with Gasteiger partial charge in [0, 0.05) is 16.1 Å². The molecule has 0 spiro atoms. The standard InChI is InChI=1S/C21H15ClO4/c22-17-8-12-18(13-9-17)25-14-20(23)26-19-10-6-16(7-11-19)21(24)15-4-2-1-3-5-15/h1-13H,14H2. The quantitative estimate of drug-likeness (QED) is 0.364. The number of benzene rings is 3. The minimum absolute atomic E-state index is 0.0884. The molecular weight excluding hydrogens is 352 g/mol. The Kier molecular flexibility index (Phi) is 5.66. The molecule has 0 atom stereocenters. The van der Waals surface area contributed by atoms with Gasteiger partial charge in [-0.1, -0.05) is 41.9 Å². The third kappa shape index (κ3) is 4.71. The minimum Gasteiger partial charge on any atom is -0.482 e. The summed E-state index contributed by atoms with van der Waals surface area (Å²) in [4.78, 5) is 24.2. The molecule has 0 unspecified atom stereocenters. The summed E-state index contributed by atoms with van der Waals surface area (Å²) in [5, 5.41) is 0.588. The zero-order valence-corrected chi connectivity index (χ0v) is 14.5. The van der Waals surface area contributed by atoms with Crippen molar-refractivity contribution in [2.24, 2.45) is 0 Å². The first kappa shape index (κ1) is 17.7. The van der Waals surface area contributed by atoms with Gasteiger partial charge in [0.25, 0.3) is 0 Å². The van der Waals surface area contributed by atoms with Crippen LogP contribution in [0, 0.1) is 0 Å². The van der Waals surface area contributed by atoms with E-state index in [2.05, 4.69) is 0 Å². The smallest absolute Gasteiger partial charge is 0.349 e. The summed E-state index contributed by atoms with van der Waals surface area (Å²) in [6.45, 7) is -0.230. The monoisotopic (exact) mass is 366 g/mol. The van der Waals surface area contributed by atoms with Crippen molar-refractivity contribution < 1.29 is 19.1 Å². The predicted octanol–water partition coefficient (Wildman–Crippen LogP) is 4.56. The van der Waals surface area contributed by atoms with Gasteiger partial charge < -0.3 is 9.47 Å². The predicted molar refractivity (Wildman–Crippen MR) is 98.9 cm³/mol. The lowest BCUT2D eigenvalue weighted by atomic mass is 10.0. The number of ketones is 1. The van der Waals surface area contributed by atoms with Crippen LogP contribution in [-0.2, 0) is 4.79 Å². The van der Waals surface area contributed by atoms with Gasteiger partial charge in [-0.15, -0.1) is 0 Å². The largest absolute Gasteiger partial charge is 0.482 e. The van der Waals surface area contributed by atoms with Gasteiger partial charge in [-0.25, -0.2) is 4.79 Å². The van der Waals surface area contributed by atoms with Gasteiger partial charge in [0.2, 0.25) is 0 Å². The molecule has 3 rings (SSSR count).